The van der Waals surface area contributed by atoms with Crippen LogP contribution in [0.25, 0.3) is 0 Å². The van der Waals surface area contributed by atoms with Crippen molar-refractivity contribution in [2.45, 2.75) is 20.3 Å². The third-order valence-corrected chi connectivity index (χ3v) is 2.41. The van der Waals surface area contributed by atoms with E-state index in [1.807, 2.05) is 19.9 Å². The summed E-state index contributed by atoms with van der Waals surface area (Å²) in [5.74, 6) is 0.641. The van der Waals surface area contributed by atoms with Crippen molar-refractivity contribution < 1.29 is 9.21 Å². The number of amides is 1. The minimum atomic E-state index is -0.199. The molecule has 4 heteroatoms. The Morgan fingerprint density at radius 2 is 2.40 bits per heavy atom. The van der Waals surface area contributed by atoms with E-state index >= 15 is 0 Å². The monoisotopic (exact) mass is 210 g/mol. The minimum Gasteiger partial charge on any atom is -0.469 e. The molecule has 0 aliphatic heterocycles. The van der Waals surface area contributed by atoms with Gasteiger partial charge in [-0.15, -0.1) is 0 Å². The fourth-order valence-electron chi connectivity index (χ4n) is 1.44. The molecule has 0 saturated heterocycles. The highest BCUT2D eigenvalue weighted by atomic mass is 16.3. The van der Waals surface area contributed by atoms with Gasteiger partial charge in [0.15, 0.2) is 0 Å². The molecule has 0 spiro atoms. The third kappa shape index (κ3) is 3.09. The molecule has 0 saturated carbocycles. The molecule has 0 bridgehead atoms. The summed E-state index contributed by atoms with van der Waals surface area (Å²) < 4.78 is 5.29. The van der Waals surface area contributed by atoms with Crippen molar-refractivity contribution in [1.29, 1.82) is 0 Å². The number of hydrogen-bond donors (Lipinski definition) is 2. The molecule has 3 N–H and O–H groups in total. The molecule has 1 aromatic rings. The Balaban J connectivity index is 2.61. The molecule has 0 aliphatic carbocycles. The highest BCUT2D eigenvalue weighted by Crippen LogP contribution is 2.14. The van der Waals surface area contributed by atoms with Crippen LogP contribution >= 0.6 is 0 Å². The number of carbonyl (C=O) groups is 1. The lowest BCUT2D eigenvalue weighted by atomic mass is 10.0. The van der Waals surface area contributed by atoms with Gasteiger partial charge in [0.05, 0.1) is 12.2 Å². The van der Waals surface area contributed by atoms with Crippen molar-refractivity contribution in [2.24, 2.45) is 11.7 Å². The zero-order valence-electron chi connectivity index (χ0n) is 9.25. The first-order chi connectivity index (χ1) is 7.19. The van der Waals surface area contributed by atoms with Gasteiger partial charge in [-0.3, -0.25) is 4.79 Å². The number of carbonyl (C=O) groups excluding carboxylic acids is 1. The molecule has 1 amide bonds. The average Bonchev–Trinajstić information content (AvgIpc) is 2.61. The Morgan fingerprint density at radius 3 is 2.87 bits per heavy atom. The van der Waals surface area contributed by atoms with Crippen LogP contribution in [0.5, 0.6) is 0 Å². The standard InChI is InChI=1S/C11H18N2O2/c1-3-13-11(14)9(7-12)6-10-8(2)4-5-15-10/h4-5,9H,3,6-7,12H2,1-2H3,(H,13,14). The fourth-order valence-corrected chi connectivity index (χ4v) is 1.44. The molecule has 0 aromatic carbocycles. The van der Waals surface area contributed by atoms with Crippen molar-refractivity contribution in [1.82, 2.24) is 5.32 Å². The van der Waals surface area contributed by atoms with Crippen LogP contribution in [0.3, 0.4) is 0 Å². The number of furan rings is 1. The molecule has 4 nitrogen and oxygen atoms in total. The van der Waals surface area contributed by atoms with E-state index < -0.39 is 0 Å². The van der Waals surface area contributed by atoms with Crippen LogP contribution in [0.2, 0.25) is 0 Å². The lowest BCUT2D eigenvalue weighted by Crippen LogP contribution is -2.36. The van der Waals surface area contributed by atoms with E-state index in [0.717, 1.165) is 11.3 Å². The summed E-state index contributed by atoms with van der Waals surface area (Å²) in [4.78, 5) is 11.6. The molecule has 0 aliphatic rings. The maximum absolute atomic E-state index is 11.6. The topological polar surface area (TPSA) is 68.3 Å². The van der Waals surface area contributed by atoms with Crippen LogP contribution in [-0.2, 0) is 11.2 Å². The Morgan fingerprint density at radius 1 is 1.67 bits per heavy atom. The van der Waals surface area contributed by atoms with E-state index in [9.17, 15) is 4.79 Å². The third-order valence-electron chi connectivity index (χ3n) is 2.41. The number of hydrogen-bond acceptors (Lipinski definition) is 3. The SMILES string of the molecule is CCNC(=O)C(CN)Cc1occc1C. The summed E-state index contributed by atoms with van der Waals surface area (Å²) in [5, 5.41) is 2.77. The van der Waals surface area contributed by atoms with Gasteiger partial charge in [-0.25, -0.2) is 0 Å². The summed E-state index contributed by atoms with van der Waals surface area (Å²) in [5.41, 5.74) is 6.64. The van der Waals surface area contributed by atoms with E-state index in [1.165, 1.54) is 0 Å². The second-order valence-electron chi connectivity index (χ2n) is 3.56. The lowest BCUT2D eigenvalue weighted by molar-refractivity contribution is -0.124. The second-order valence-corrected chi connectivity index (χ2v) is 3.56. The largest absolute Gasteiger partial charge is 0.469 e. The number of rotatable bonds is 5. The van der Waals surface area contributed by atoms with Gasteiger partial charge in [0.1, 0.15) is 5.76 Å². The quantitative estimate of drug-likeness (QED) is 0.756. The summed E-state index contributed by atoms with van der Waals surface area (Å²) in [6, 6.07) is 1.89. The van der Waals surface area contributed by atoms with Gasteiger partial charge in [-0.05, 0) is 25.5 Å². The van der Waals surface area contributed by atoms with Crippen molar-refractivity contribution in [3.05, 3.63) is 23.7 Å². The van der Waals surface area contributed by atoms with E-state index in [1.54, 1.807) is 6.26 Å². The first kappa shape index (κ1) is 11.8. The summed E-state index contributed by atoms with van der Waals surface area (Å²) in [6.45, 7) is 4.83. The van der Waals surface area contributed by atoms with Crippen molar-refractivity contribution in [3.8, 4) is 0 Å². The van der Waals surface area contributed by atoms with Crippen LogP contribution in [0.1, 0.15) is 18.2 Å². The number of nitrogens with one attached hydrogen (secondary N) is 1. The Labute approximate surface area is 89.8 Å². The molecule has 15 heavy (non-hydrogen) atoms. The van der Waals surface area contributed by atoms with E-state index in [-0.39, 0.29) is 11.8 Å². The summed E-state index contributed by atoms with van der Waals surface area (Å²) in [6.07, 6.45) is 2.21. The van der Waals surface area contributed by atoms with Crippen LogP contribution in [0.4, 0.5) is 0 Å². The number of aryl methyl sites for hydroxylation is 1. The first-order valence-electron chi connectivity index (χ1n) is 5.19. The zero-order valence-corrected chi connectivity index (χ0v) is 9.25. The first-order valence-corrected chi connectivity index (χ1v) is 5.19. The van der Waals surface area contributed by atoms with E-state index in [0.29, 0.717) is 19.5 Å². The normalized spacial score (nSPS) is 12.5. The summed E-state index contributed by atoms with van der Waals surface area (Å²) in [7, 11) is 0. The molecule has 1 rings (SSSR count). The van der Waals surface area contributed by atoms with Crippen LogP contribution in [-0.4, -0.2) is 19.0 Å². The summed E-state index contributed by atoms with van der Waals surface area (Å²) >= 11 is 0. The van der Waals surface area contributed by atoms with Gasteiger partial charge in [0.2, 0.25) is 5.91 Å². The molecule has 1 atom stereocenters. The number of nitrogens with two attached hydrogens (primary N) is 1. The van der Waals surface area contributed by atoms with Gasteiger partial charge in [-0.1, -0.05) is 0 Å². The predicted molar refractivity (Wildman–Crippen MR) is 58.4 cm³/mol. The Kier molecular flexibility index (Phi) is 4.37. The fraction of sp³-hybridized carbons (Fsp3) is 0.545. The molecule has 1 heterocycles. The van der Waals surface area contributed by atoms with E-state index in [4.69, 9.17) is 10.2 Å². The zero-order chi connectivity index (χ0) is 11.3. The van der Waals surface area contributed by atoms with Crippen LogP contribution in [0, 0.1) is 12.8 Å². The smallest absolute Gasteiger partial charge is 0.224 e. The van der Waals surface area contributed by atoms with Gasteiger partial charge in [0.25, 0.3) is 0 Å². The molecular formula is C11H18N2O2. The molecule has 1 unspecified atom stereocenters. The predicted octanol–water partition coefficient (Wildman–Crippen LogP) is 0.842. The highest BCUT2D eigenvalue weighted by molar-refractivity contribution is 5.79. The minimum absolute atomic E-state index is 0.00389. The van der Waals surface area contributed by atoms with Gasteiger partial charge in [0, 0.05) is 19.5 Å². The van der Waals surface area contributed by atoms with Crippen molar-refractivity contribution in [3.63, 3.8) is 0 Å². The molecule has 0 fully saturated rings. The average molecular weight is 210 g/mol. The molecular weight excluding hydrogens is 192 g/mol. The lowest BCUT2D eigenvalue weighted by Gasteiger charge is -2.12. The van der Waals surface area contributed by atoms with Crippen LogP contribution in [0.15, 0.2) is 16.7 Å². The maximum atomic E-state index is 11.6. The van der Waals surface area contributed by atoms with Crippen LogP contribution < -0.4 is 11.1 Å². The Bertz CT molecular complexity index is 320. The second kappa shape index (κ2) is 5.56. The van der Waals surface area contributed by atoms with Crippen molar-refractivity contribution >= 4 is 5.91 Å². The Hall–Kier alpha value is -1.29. The molecule has 84 valence electrons. The van der Waals surface area contributed by atoms with Crippen molar-refractivity contribution in [2.75, 3.05) is 13.1 Å². The van der Waals surface area contributed by atoms with Gasteiger partial charge < -0.3 is 15.5 Å². The maximum Gasteiger partial charge on any atom is 0.224 e. The van der Waals surface area contributed by atoms with Gasteiger partial charge >= 0.3 is 0 Å². The molecule has 1 aromatic heterocycles. The van der Waals surface area contributed by atoms with E-state index in [2.05, 4.69) is 5.32 Å². The van der Waals surface area contributed by atoms with Gasteiger partial charge in [-0.2, -0.15) is 0 Å². The highest BCUT2D eigenvalue weighted by Gasteiger charge is 2.18. The molecule has 0 radical (unpaired) electrons.